The van der Waals surface area contributed by atoms with E-state index in [9.17, 15) is 4.79 Å². The monoisotopic (exact) mass is 389 g/mol. The first-order valence-corrected chi connectivity index (χ1v) is 8.85. The van der Waals surface area contributed by atoms with E-state index >= 15 is 0 Å². The SMILES string of the molecule is CCCc1cn(C)c2c(=O)[nH]c(-c3cc(Br)ccc3OCC)nc12. The first-order valence-electron chi connectivity index (χ1n) is 8.06. The lowest BCUT2D eigenvalue weighted by atomic mass is 10.1. The van der Waals surface area contributed by atoms with Gasteiger partial charge in [-0.15, -0.1) is 0 Å². The number of nitrogens with zero attached hydrogens (tertiary/aromatic N) is 2. The van der Waals surface area contributed by atoms with Gasteiger partial charge in [-0.3, -0.25) is 4.79 Å². The molecule has 24 heavy (non-hydrogen) atoms. The average Bonchev–Trinajstić information content (AvgIpc) is 2.86. The predicted molar refractivity (Wildman–Crippen MR) is 99.6 cm³/mol. The van der Waals surface area contributed by atoms with E-state index in [4.69, 9.17) is 9.72 Å². The Balaban J connectivity index is 2.26. The molecule has 0 atom stereocenters. The molecule has 0 spiro atoms. The summed E-state index contributed by atoms with van der Waals surface area (Å²) in [6.07, 6.45) is 3.89. The van der Waals surface area contributed by atoms with Crippen LogP contribution in [0.25, 0.3) is 22.4 Å². The molecule has 5 nitrogen and oxygen atoms in total. The van der Waals surface area contributed by atoms with Crippen molar-refractivity contribution in [2.75, 3.05) is 6.61 Å². The molecule has 3 rings (SSSR count). The molecule has 0 radical (unpaired) electrons. The highest BCUT2D eigenvalue weighted by Crippen LogP contribution is 2.31. The summed E-state index contributed by atoms with van der Waals surface area (Å²) in [6, 6.07) is 5.71. The molecule has 1 aromatic carbocycles. The lowest BCUT2D eigenvalue weighted by Crippen LogP contribution is -2.12. The summed E-state index contributed by atoms with van der Waals surface area (Å²) in [5.74, 6) is 1.23. The van der Waals surface area contributed by atoms with Crippen molar-refractivity contribution in [2.24, 2.45) is 7.05 Å². The van der Waals surface area contributed by atoms with Crippen LogP contribution in [0.15, 0.2) is 33.7 Å². The molecular weight excluding hydrogens is 370 g/mol. The molecule has 0 amide bonds. The van der Waals surface area contributed by atoms with E-state index in [1.165, 1.54) is 0 Å². The van der Waals surface area contributed by atoms with Crippen molar-refractivity contribution >= 4 is 27.0 Å². The van der Waals surface area contributed by atoms with Gasteiger partial charge in [0.05, 0.1) is 17.7 Å². The van der Waals surface area contributed by atoms with Crippen molar-refractivity contribution in [3.05, 3.63) is 44.8 Å². The van der Waals surface area contributed by atoms with Gasteiger partial charge in [-0.1, -0.05) is 29.3 Å². The minimum absolute atomic E-state index is 0.137. The van der Waals surface area contributed by atoms with Gasteiger partial charge < -0.3 is 14.3 Å². The van der Waals surface area contributed by atoms with Gasteiger partial charge >= 0.3 is 0 Å². The van der Waals surface area contributed by atoms with Crippen LogP contribution in [0.5, 0.6) is 5.75 Å². The van der Waals surface area contributed by atoms with Crippen LogP contribution in [0.4, 0.5) is 0 Å². The zero-order chi connectivity index (χ0) is 17.3. The first kappa shape index (κ1) is 16.8. The van der Waals surface area contributed by atoms with Gasteiger partial charge in [0.15, 0.2) is 0 Å². The molecule has 2 aromatic heterocycles. The van der Waals surface area contributed by atoms with Crippen LogP contribution < -0.4 is 10.3 Å². The maximum absolute atomic E-state index is 12.6. The topological polar surface area (TPSA) is 59.9 Å². The van der Waals surface area contributed by atoms with Gasteiger partial charge in [-0.2, -0.15) is 0 Å². The van der Waals surface area contributed by atoms with Gasteiger partial charge in [0.2, 0.25) is 0 Å². The Kier molecular flexibility index (Phi) is 4.76. The summed E-state index contributed by atoms with van der Waals surface area (Å²) >= 11 is 3.48. The highest BCUT2D eigenvalue weighted by Gasteiger charge is 2.16. The number of aromatic amines is 1. The zero-order valence-electron chi connectivity index (χ0n) is 14.0. The van der Waals surface area contributed by atoms with Crippen molar-refractivity contribution in [2.45, 2.75) is 26.7 Å². The van der Waals surface area contributed by atoms with E-state index in [-0.39, 0.29) is 5.56 Å². The molecule has 126 valence electrons. The van der Waals surface area contributed by atoms with Gasteiger partial charge in [-0.05, 0) is 37.1 Å². The minimum atomic E-state index is -0.137. The number of fused-ring (bicyclic) bond motifs is 1. The molecule has 0 unspecified atom stereocenters. The largest absolute Gasteiger partial charge is 0.493 e. The quantitative estimate of drug-likeness (QED) is 0.715. The second kappa shape index (κ2) is 6.81. The normalized spacial score (nSPS) is 11.2. The molecule has 0 aliphatic carbocycles. The Bertz CT molecular complexity index is 943. The Morgan fingerprint density at radius 1 is 1.33 bits per heavy atom. The number of aryl methyl sites for hydroxylation is 2. The molecule has 0 bridgehead atoms. The third-order valence-corrected chi connectivity index (χ3v) is 4.41. The summed E-state index contributed by atoms with van der Waals surface area (Å²) in [5.41, 5.74) is 3.10. The Hall–Kier alpha value is -2.08. The number of hydrogen-bond donors (Lipinski definition) is 1. The summed E-state index contributed by atoms with van der Waals surface area (Å²) in [4.78, 5) is 20.2. The highest BCUT2D eigenvalue weighted by atomic mass is 79.9. The first-order chi connectivity index (χ1) is 11.5. The molecule has 1 N–H and O–H groups in total. The number of rotatable bonds is 5. The summed E-state index contributed by atoms with van der Waals surface area (Å²) in [5, 5.41) is 0. The molecule has 3 aromatic rings. The van der Waals surface area contributed by atoms with Gasteiger partial charge in [-0.25, -0.2) is 4.98 Å². The van der Waals surface area contributed by atoms with Crippen LogP contribution >= 0.6 is 15.9 Å². The molecule has 0 fully saturated rings. The summed E-state index contributed by atoms with van der Waals surface area (Å²) in [6.45, 7) is 4.60. The number of hydrogen-bond acceptors (Lipinski definition) is 3. The number of nitrogens with one attached hydrogen (secondary N) is 1. The fourth-order valence-corrected chi connectivity index (χ4v) is 3.29. The number of ether oxygens (including phenoxy) is 1. The molecule has 0 saturated carbocycles. The molecule has 0 saturated heterocycles. The average molecular weight is 390 g/mol. The fraction of sp³-hybridized carbons (Fsp3) is 0.333. The number of H-pyrrole nitrogens is 1. The van der Waals surface area contributed by atoms with E-state index in [0.717, 1.165) is 34.0 Å². The molecule has 6 heteroatoms. The molecular formula is C18H20BrN3O2. The predicted octanol–water partition coefficient (Wildman–Crippen LogP) is 4.04. The van der Waals surface area contributed by atoms with Crippen molar-refractivity contribution in [1.29, 1.82) is 0 Å². The van der Waals surface area contributed by atoms with Crippen molar-refractivity contribution < 1.29 is 4.74 Å². The lowest BCUT2D eigenvalue weighted by Gasteiger charge is -2.10. The van der Waals surface area contributed by atoms with Crippen LogP contribution in [0.3, 0.4) is 0 Å². The van der Waals surface area contributed by atoms with E-state index < -0.39 is 0 Å². The fourth-order valence-electron chi connectivity index (χ4n) is 2.93. The molecule has 0 aliphatic rings. The van der Waals surface area contributed by atoms with Gasteiger partial charge in [0, 0.05) is 17.7 Å². The second-order valence-electron chi connectivity index (χ2n) is 5.70. The summed E-state index contributed by atoms with van der Waals surface area (Å²) < 4.78 is 8.45. The third kappa shape index (κ3) is 2.98. The summed E-state index contributed by atoms with van der Waals surface area (Å²) in [7, 11) is 1.88. The number of halogens is 1. The van der Waals surface area contributed by atoms with Crippen LogP contribution in [0, 0.1) is 0 Å². The van der Waals surface area contributed by atoms with Crippen LogP contribution in [0.1, 0.15) is 25.8 Å². The van der Waals surface area contributed by atoms with Gasteiger partial charge in [0.1, 0.15) is 17.1 Å². The standard InChI is InChI=1S/C18H20BrN3O2/c1-4-6-11-10-22(3)16-15(11)20-17(21-18(16)23)13-9-12(19)7-8-14(13)24-5-2/h7-10H,4-6H2,1-3H3,(H,20,21,23). The van der Waals surface area contributed by atoms with Crippen molar-refractivity contribution in [3.8, 4) is 17.1 Å². The Labute approximate surface area is 148 Å². The highest BCUT2D eigenvalue weighted by molar-refractivity contribution is 9.10. The third-order valence-electron chi connectivity index (χ3n) is 3.92. The van der Waals surface area contributed by atoms with E-state index in [0.29, 0.717) is 23.7 Å². The van der Waals surface area contributed by atoms with E-state index in [2.05, 4.69) is 27.8 Å². The van der Waals surface area contributed by atoms with Crippen LogP contribution in [-0.2, 0) is 13.5 Å². The number of aromatic nitrogens is 3. The van der Waals surface area contributed by atoms with Crippen molar-refractivity contribution in [3.63, 3.8) is 0 Å². The minimum Gasteiger partial charge on any atom is -0.493 e. The molecule has 0 aliphatic heterocycles. The zero-order valence-corrected chi connectivity index (χ0v) is 15.6. The van der Waals surface area contributed by atoms with Gasteiger partial charge in [0.25, 0.3) is 5.56 Å². The Morgan fingerprint density at radius 3 is 2.83 bits per heavy atom. The van der Waals surface area contributed by atoms with E-state index in [1.54, 1.807) is 0 Å². The Morgan fingerprint density at radius 2 is 2.12 bits per heavy atom. The second-order valence-corrected chi connectivity index (χ2v) is 6.62. The van der Waals surface area contributed by atoms with Crippen LogP contribution in [0.2, 0.25) is 0 Å². The van der Waals surface area contributed by atoms with Crippen molar-refractivity contribution in [1.82, 2.24) is 14.5 Å². The lowest BCUT2D eigenvalue weighted by molar-refractivity contribution is 0.341. The van der Waals surface area contributed by atoms with Crippen LogP contribution in [-0.4, -0.2) is 21.1 Å². The maximum atomic E-state index is 12.6. The smallest absolute Gasteiger partial charge is 0.275 e. The number of benzene rings is 1. The molecule has 2 heterocycles. The maximum Gasteiger partial charge on any atom is 0.275 e. The van der Waals surface area contributed by atoms with E-state index in [1.807, 2.05) is 42.9 Å².